The van der Waals surface area contributed by atoms with Gasteiger partial charge in [0.1, 0.15) is 0 Å². The molecule has 0 radical (unpaired) electrons. The lowest BCUT2D eigenvalue weighted by molar-refractivity contribution is -0.121. The molecule has 1 aromatic heterocycles. The van der Waals surface area contributed by atoms with E-state index in [1.54, 1.807) is 4.90 Å². The van der Waals surface area contributed by atoms with Gasteiger partial charge >= 0.3 is 0 Å². The molecule has 1 aliphatic heterocycles. The summed E-state index contributed by atoms with van der Waals surface area (Å²) >= 11 is 0. The molecule has 1 unspecified atom stereocenters. The molecule has 1 aromatic carbocycles. The van der Waals surface area contributed by atoms with Crippen molar-refractivity contribution in [2.24, 2.45) is 7.05 Å². The zero-order chi connectivity index (χ0) is 24.0. The summed E-state index contributed by atoms with van der Waals surface area (Å²) in [5.74, 6) is 0.0676. The van der Waals surface area contributed by atoms with E-state index in [9.17, 15) is 9.59 Å². The predicted molar refractivity (Wildman–Crippen MR) is 136 cm³/mol. The normalized spacial score (nSPS) is 15.2. The highest BCUT2D eigenvalue weighted by molar-refractivity contribution is 5.99. The van der Waals surface area contributed by atoms with E-state index in [1.165, 1.54) is 47.8 Å². The number of nitrogens with one attached hydrogen (secondary N) is 1. The molecule has 0 aliphatic carbocycles. The minimum absolute atomic E-state index is 0.0216. The molecule has 2 amide bonds. The molecule has 2 heterocycles. The van der Waals surface area contributed by atoms with Gasteiger partial charge < -0.3 is 14.8 Å². The summed E-state index contributed by atoms with van der Waals surface area (Å²) in [6.45, 7) is 9.81. The summed E-state index contributed by atoms with van der Waals surface area (Å²) in [4.78, 5) is 29.2. The number of carbonyl (C=O) groups is 2. The van der Waals surface area contributed by atoms with E-state index in [1.807, 2.05) is 20.0 Å². The van der Waals surface area contributed by atoms with Gasteiger partial charge in [0.15, 0.2) is 0 Å². The number of benzene rings is 1. The maximum absolute atomic E-state index is 13.1. The van der Waals surface area contributed by atoms with Crippen molar-refractivity contribution in [2.45, 2.75) is 78.3 Å². The number of aromatic nitrogens is 1. The lowest BCUT2D eigenvalue weighted by atomic mass is 10.0. The number of carbonyl (C=O) groups excluding carboxylic acids is 2. The molecule has 0 fully saturated rings. The number of aryl methyl sites for hydroxylation is 1. The van der Waals surface area contributed by atoms with Crippen LogP contribution in [0.1, 0.15) is 80.9 Å². The zero-order valence-electron chi connectivity index (χ0n) is 21.2. The third kappa shape index (κ3) is 5.78. The second kappa shape index (κ2) is 11.7. The van der Waals surface area contributed by atoms with Gasteiger partial charge in [0.2, 0.25) is 5.91 Å². The smallest absolute Gasteiger partial charge is 0.253 e. The SMILES string of the molecule is CCCC(CC)N1CCCc2c(c3cc(C(=O)N(C)CCCC(=O)NCC)ccc3n2C)C1. The largest absolute Gasteiger partial charge is 0.356 e. The molecular formula is C27H42N4O2. The van der Waals surface area contributed by atoms with Gasteiger partial charge in [-0.15, -0.1) is 0 Å². The molecule has 6 nitrogen and oxygen atoms in total. The van der Waals surface area contributed by atoms with Crippen LogP contribution in [-0.4, -0.2) is 58.9 Å². The minimum atomic E-state index is 0.0216. The van der Waals surface area contributed by atoms with Crippen LogP contribution < -0.4 is 5.32 Å². The molecule has 2 aromatic rings. The molecular weight excluding hydrogens is 412 g/mol. The first-order chi connectivity index (χ1) is 15.9. The van der Waals surface area contributed by atoms with E-state index in [4.69, 9.17) is 0 Å². The fourth-order valence-corrected chi connectivity index (χ4v) is 5.31. The summed E-state index contributed by atoms with van der Waals surface area (Å²) in [7, 11) is 3.99. The van der Waals surface area contributed by atoms with Crippen molar-refractivity contribution in [3.8, 4) is 0 Å². The maximum Gasteiger partial charge on any atom is 0.253 e. The van der Waals surface area contributed by atoms with Gasteiger partial charge in [0.05, 0.1) is 0 Å². The lowest BCUT2D eigenvalue weighted by Gasteiger charge is -2.30. The molecule has 0 saturated carbocycles. The Hall–Kier alpha value is -2.34. The van der Waals surface area contributed by atoms with E-state index in [0.717, 1.165) is 25.1 Å². The molecule has 1 N–H and O–H groups in total. The molecule has 33 heavy (non-hydrogen) atoms. The molecule has 3 rings (SSSR count). The Morgan fingerprint density at radius 2 is 2.00 bits per heavy atom. The second-order valence-corrected chi connectivity index (χ2v) is 9.42. The van der Waals surface area contributed by atoms with Gasteiger partial charge in [-0.25, -0.2) is 0 Å². The Kier molecular flexibility index (Phi) is 8.95. The van der Waals surface area contributed by atoms with Crippen molar-refractivity contribution < 1.29 is 9.59 Å². The van der Waals surface area contributed by atoms with Gasteiger partial charge in [-0.2, -0.15) is 0 Å². The van der Waals surface area contributed by atoms with Crippen molar-refractivity contribution in [1.29, 1.82) is 0 Å². The van der Waals surface area contributed by atoms with Crippen LogP contribution in [0.3, 0.4) is 0 Å². The van der Waals surface area contributed by atoms with Crippen LogP contribution in [0.15, 0.2) is 18.2 Å². The Labute approximate surface area is 199 Å². The fourth-order valence-electron chi connectivity index (χ4n) is 5.31. The number of amides is 2. The molecule has 0 saturated heterocycles. The number of nitrogens with zero attached hydrogens (tertiary/aromatic N) is 3. The molecule has 6 heteroatoms. The third-order valence-electron chi connectivity index (χ3n) is 7.13. The first kappa shape index (κ1) is 25.3. The number of hydrogen-bond donors (Lipinski definition) is 1. The topological polar surface area (TPSA) is 57.6 Å². The first-order valence-electron chi connectivity index (χ1n) is 12.8. The van der Waals surface area contributed by atoms with Gasteiger partial charge in [-0.3, -0.25) is 14.5 Å². The van der Waals surface area contributed by atoms with E-state index < -0.39 is 0 Å². The summed E-state index contributed by atoms with van der Waals surface area (Å²) in [6.07, 6.45) is 7.01. The Balaban J connectivity index is 1.82. The number of fused-ring (bicyclic) bond motifs is 3. The van der Waals surface area contributed by atoms with Crippen molar-refractivity contribution in [3.05, 3.63) is 35.0 Å². The minimum Gasteiger partial charge on any atom is -0.356 e. The van der Waals surface area contributed by atoms with Crippen LogP contribution in [0.5, 0.6) is 0 Å². The predicted octanol–water partition coefficient (Wildman–Crippen LogP) is 4.49. The molecule has 1 atom stereocenters. The quantitative estimate of drug-likeness (QED) is 0.575. The summed E-state index contributed by atoms with van der Waals surface area (Å²) < 4.78 is 2.33. The van der Waals surface area contributed by atoms with Crippen LogP contribution in [0.2, 0.25) is 0 Å². The highest BCUT2D eigenvalue weighted by atomic mass is 16.2. The molecule has 182 valence electrons. The molecule has 0 spiro atoms. The average Bonchev–Trinajstić information content (AvgIpc) is 2.95. The summed E-state index contributed by atoms with van der Waals surface area (Å²) in [5, 5.41) is 4.03. The van der Waals surface area contributed by atoms with Crippen LogP contribution >= 0.6 is 0 Å². The average molecular weight is 455 g/mol. The molecule has 1 aliphatic rings. The van der Waals surface area contributed by atoms with Gasteiger partial charge in [-0.05, 0) is 69.3 Å². The van der Waals surface area contributed by atoms with E-state index in [0.29, 0.717) is 32.0 Å². The first-order valence-corrected chi connectivity index (χ1v) is 12.8. The van der Waals surface area contributed by atoms with Crippen LogP contribution in [-0.2, 0) is 24.8 Å². The summed E-state index contributed by atoms with van der Waals surface area (Å²) in [6, 6.07) is 6.78. The number of hydrogen-bond acceptors (Lipinski definition) is 3. The summed E-state index contributed by atoms with van der Waals surface area (Å²) in [5.41, 5.74) is 4.75. The van der Waals surface area contributed by atoms with Crippen molar-refractivity contribution in [2.75, 3.05) is 26.7 Å². The van der Waals surface area contributed by atoms with Crippen molar-refractivity contribution >= 4 is 22.7 Å². The standard InChI is InChI=1S/C27H42N4O2/c1-6-11-21(7-2)31-17-9-12-24-23(19-31)22-18-20(14-15-25(22)30(24)5)27(33)29(4)16-10-13-26(32)28-8-3/h14-15,18,21H,6-13,16-17,19H2,1-5H3,(H,28,32). The Morgan fingerprint density at radius 1 is 1.21 bits per heavy atom. The Bertz CT molecular complexity index is 965. The van der Waals surface area contributed by atoms with E-state index in [2.05, 4.69) is 47.8 Å². The van der Waals surface area contributed by atoms with Gasteiger partial charge in [0, 0.05) is 68.4 Å². The lowest BCUT2D eigenvalue weighted by Crippen LogP contribution is -2.34. The van der Waals surface area contributed by atoms with Crippen LogP contribution in [0.25, 0.3) is 10.9 Å². The van der Waals surface area contributed by atoms with E-state index >= 15 is 0 Å². The maximum atomic E-state index is 13.1. The molecule has 0 bridgehead atoms. The van der Waals surface area contributed by atoms with E-state index in [-0.39, 0.29) is 11.8 Å². The van der Waals surface area contributed by atoms with Gasteiger partial charge in [0.25, 0.3) is 5.91 Å². The highest BCUT2D eigenvalue weighted by Crippen LogP contribution is 2.32. The highest BCUT2D eigenvalue weighted by Gasteiger charge is 2.25. The third-order valence-corrected chi connectivity index (χ3v) is 7.13. The zero-order valence-corrected chi connectivity index (χ0v) is 21.2. The second-order valence-electron chi connectivity index (χ2n) is 9.42. The van der Waals surface area contributed by atoms with Crippen LogP contribution in [0, 0.1) is 0 Å². The van der Waals surface area contributed by atoms with Crippen LogP contribution in [0.4, 0.5) is 0 Å². The fraction of sp³-hybridized carbons (Fsp3) is 0.630. The Morgan fingerprint density at radius 3 is 2.70 bits per heavy atom. The van der Waals surface area contributed by atoms with Crippen molar-refractivity contribution in [3.63, 3.8) is 0 Å². The van der Waals surface area contributed by atoms with Gasteiger partial charge in [-0.1, -0.05) is 20.3 Å². The van der Waals surface area contributed by atoms with Crippen molar-refractivity contribution in [1.82, 2.24) is 19.7 Å². The number of rotatable bonds is 10. The monoisotopic (exact) mass is 454 g/mol.